The molecule has 0 unspecified atom stereocenters. The molecule has 0 atom stereocenters. The van der Waals surface area contributed by atoms with Crippen LogP contribution in [0.5, 0.6) is 5.75 Å². The van der Waals surface area contributed by atoms with Crippen molar-refractivity contribution in [1.82, 2.24) is 15.2 Å². The summed E-state index contributed by atoms with van der Waals surface area (Å²) in [6.07, 6.45) is 6.95. The van der Waals surface area contributed by atoms with Crippen LogP contribution in [0.15, 0.2) is 29.3 Å². The molecule has 14 heavy (non-hydrogen) atoms. The van der Waals surface area contributed by atoms with Crippen LogP contribution in [0.4, 0.5) is 0 Å². The smallest absolute Gasteiger partial charge is 0.146 e. The van der Waals surface area contributed by atoms with Gasteiger partial charge in [-0.15, -0.1) is 0 Å². The average molecular weight is 254 g/mol. The fraction of sp³-hybridized carbons (Fsp3) is 0.111. The highest BCUT2D eigenvalue weighted by Gasteiger charge is 2.10. The van der Waals surface area contributed by atoms with Crippen LogP contribution in [0.3, 0.4) is 0 Å². The van der Waals surface area contributed by atoms with Gasteiger partial charge in [0.05, 0.1) is 19.5 Å². The summed E-state index contributed by atoms with van der Waals surface area (Å²) < 4.78 is 6.10. The first kappa shape index (κ1) is 9.21. The van der Waals surface area contributed by atoms with Gasteiger partial charge in [0.25, 0.3) is 0 Å². The summed E-state index contributed by atoms with van der Waals surface area (Å²) in [6.45, 7) is 0. The van der Waals surface area contributed by atoms with Gasteiger partial charge >= 0.3 is 0 Å². The van der Waals surface area contributed by atoms with Crippen molar-refractivity contribution in [1.29, 1.82) is 0 Å². The molecule has 0 saturated heterocycles. The summed E-state index contributed by atoms with van der Waals surface area (Å²) in [5.41, 5.74) is 1.92. The normalized spacial score (nSPS) is 10.1. The number of hydrogen-bond donors (Lipinski definition) is 1. The first-order valence-corrected chi connectivity index (χ1v) is 4.79. The Morgan fingerprint density at radius 1 is 1.36 bits per heavy atom. The van der Waals surface area contributed by atoms with E-state index in [2.05, 4.69) is 31.1 Å². The Kier molecular flexibility index (Phi) is 2.49. The number of methoxy groups -OCH3 is 1. The third kappa shape index (κ3) is 1.50. The Labute approximate surface area is 89.5 Å². The Balaban J connectivity index is 2.61. The second-order valence-corrected chi connectivity index (χ2v) is 3.54. The maximum absolute atomic E-state index is 5.22. The van der Waals surface area contributed by atoms with Crippen molar-refractivity contribution in [2.75, 3.05) is 7.11 Å². The van der Waals surface area contributed by atoms with Crippen molar-refractivity contribution in [3.05, 3.63) is 29.3 Å². The predicted octanol–water partition coefficient (Wildman–Crippen LogP) is 2.24. The molecule has 72 valence electrons. The SMILES string of the molecule is COc1cncc(Br)c1-c1cn[nH]c1. The Morgan fingerprint density at radius 2 is 2.21 bits per heavy atom. The van der Waals surface area contributed by atoms with E-state index in [4.69, 9.17) is 4.74 Å². The van der Waals surface area contributed by atoms with E-state index in [1.165, 1.54) is 0 Å². The van der Waals surface area contributed by atoms with E-state index in [0.29, 0.717) is 0 Å². The van der Waals surface area contributed by atoms with E-state index in [0.717, 1.165) is 21.3 Å². The number of ether oxygens (including phenoxy) is 1. The molecule has 1 N–H and O–H groups in total. The van der Waals surface area contributed by atoms with Crippen molar-refractivity contribution >= 4 is 15.9 Å². The third-order valence-corrected chi connectivity index (χ3v) is 2.47. The number of rotatable bonds is 2. The largest absolute Gasteiger partial charge is 0.494 e. The molecule has 0 aliphatic rings. The first-order valence-electron chi connectivity index (χ1n) is 3.99. The molecule has 0 radical (unpaired) electrons. The summed E-state index contributed by atoms with van der Waals surface area (Å²) >= 11 is 3.43. The molecular formula is C9H8BrN3O. The number of H-pyrrole nitrogens is 1. The molecule has 0 amide bonds. The van der Waals surface area contributed by atoms with Crippen LogP contribution in [0.25, 0.3) is 11.1 Å². The minimum absolute atomic E-state index is 0.723. The lowest BCUT2D eigenvalue weighted by Crippen LogP contribution is -1.89. The summed E-state index contributed by atoms with van der Waals surface area (Å²) in [7, 11) is 1.62. The van der Waals surface area contributed by atoms with Crippen LogP contribution in [0.2, 0.25) is 0 Å². The van der Waals surface area contributed by atoms with Gasteiger partial charge in [-0.25, -0.2) is 0 Å². The van der Waals surface area contributed by atoms with Crippen LogP contribution in [-0.4, -0.2) is 22.3 Å². The average Bonchev–Trinajstić information content (AvgIpc) is 2.70. The molecule has 2 aromatic rings. The number of nitrogens with zero attached hydrogens (tertiary/aromatic N) is 2. The maximum Gasteiger partial charge on any atom is 0.146 e. The number of halogens is 1. The lowest BCUT2D eigenvalue weighted by molar-refractivity contribution is 0.414. The molecule has 0 saturated carbocycles. The molecule has 2 aromatic heterocycles. The zero-order chi connectivity index (χ0) is 9.97. The highest BCUT2D eigenvalue weighted by Crippen LogP contribution is 2.34. The molecule has 0 fully saturated rings. The summed E-state index contributed by atoms with van der Waals surface area (Å²) in [5, 5.41) is 6.65. The minimum atomic E-state index is 0.723. The van der Waals surface area contributed by atoms with Crippen LogP contribution in [0, 0.1) is 0 Å². The first-order chi connectivity index (χ1) is 6.83. The lowest BCUT2D eigenvalue weighted by Gasteiger charge is -2.07. The van der Waals surface area contributed by atoms with Crippen LogP contribution >= 0.6 is 15.9 Å². The molecule has 5 heteroatoms. The molecular weight excluding hydrogens is 246 g/mol. The Bertz CT molecular complexity index is 428. The molecule has 0 aliphatic heterocycles. The van der Waals surface area contributed by atoms with E-state index in [1.54, 1.807) is 25.7 Å². The van der Waals surface area contributed by atoms with E-state index in [9.17, 15) is 0 Å². The van der Waals surface area contributed by atoms with Crippen LogP contribution in [-0.2, 0) is 0 Å². The van der Waals surface area contributed by atoms with Crippen molar-refractivity contribution in [3.8, 4) is 16.9 Å². The van der Waals surface area contributed by atoms with E-state index in [-0.39, 0.29) is 0 Å². The van der Waals surface area contributed by atoms with Gasteiger partial charge in [0.15, 0.2) is 0 Å². The topological polar surface area (TPSA) is 50.8 Å². The van der Waals surface area contributed by atoms with E-state index < -0.39 is 0 Å². The Hall–Kier alpha value is -1.36. The van der Waals surface area contributed by atoms with Gasteiger partial charge in [0.1, 0.15) is 5.75 Å². The van der Waals surface area contributed by atoms with Crippen molar-refractivity contribution in [3.63, 3.8) is 0 Å². The van der Waals surface area contributed by atoms with Crippen LogP contribution < -0.4 is 4.74 Å². The molecule has 0 bridgehead atoms. The number of aromatic nitrogens is 3. The molecule has 0 aromatic carbocycles. The number of nitrogens with one attached hydrogen (secondary N) is 1. The summed E-state index contributed by atoms with van der Waals surface area (Å²) in [5.74, 6) is 0.723. The number of pyridine rings is 1. The van der Waals surface area contributed by atoms with Gasteiger partial charge in [-0.1, -0.05) is 0 Å². The zero-order valence-electron chi connectivity index (χ0n) is 7.49. The standard InChI is InChI=1S/C9H8BrN3O/c1-14-8-5-11-4-7(10)9(8)6-2-12-13-3-6/h2-5H,1H3,(H,12,13). The van der Waals surface area contributed by atoms with Crippen molar-refractivity contribution < 1.29 is 4.74 Å². The number of aromatic amines is 1. The summed E-state index contributed by atoms with van der Waals surface area (Å²) in [4.78, 5) is 4.02. The van der Waals surface area contributed by atoms with Crippen molar-refractivity contribution in [2.45, 2.75) is 0 Å². The van der Waals surface area contributed by atoms with Crippen molar-refractivity contribution in [2.24, 2.45) is 0 Å². The monoisotopic (exact) mass is 253 g/mol. The summed E-state index contributed by atoms with van der Waals surface area (Å²) in [6, 6.07) is 0. The predicted molar refractivity (Wildman–Crippen MR) is 56.1 cm³/mol. The van der Waals surface area contributed by atoms with Gasteiger partial charge in [-0.05, 0) is 15.9 Å². The van der Waals surface area contributed by atoms with Gasteiger partial charge in [-0.3, -0.25) is 10.1 Å². The molecule has 2 heterocycles. The molecule has 0 spiro atoms. The number of hydrogen-bond acceptors (Lipinski definition) is 3. The van der Waals surface area contributed by atoms with Gasteiger partial charge in [0, 0.05) is 28.0 Å². The Morgan fingerprint density at radius 3 is 2.86 bits per heavy atom. The second-order valence-electron chi connectivity index (χ2n) is 2.69. The fourth-order valence-electron chi connectivity index (χ4n) is 1.24. The minimum Gasteiger partial charge on any atom is -0.494 e. The van der Waals surface area contributed by atoms with Gasteiger partial charge in [0.2, 0.25) is 0 Å². The molecule has 0 aliphatic carbocycles. The lowest BCUT2D eigenvalue weighted by atomic mass is 10.1. The van der Waals surface area contributed by atoms with E-state index >= 15 is 0 Å². The second kappa shape index (κ2) is 3.79. The van der Waals surface area contributed by atoms with Gasteiger partial charge in [-0.2, -0.15) is 5.10 Å². The maximum atomic E-state index is 5.22. The molecule has 2 rings (SSSR count). The highest BCUT2D eigenvalue weighted by molar-refractivity contribution is 9.10. The van der Waals surface area contributed by atoms with E-state index in [1.807, 2.05) is 6.20 Å². The highest BCUT2D eigenvalue weighted by atomic mass is 79.9. The zero-order valence-corrected chi connectivity index (χ0v) is 9.08. The molecule has 4 nitrogen and oxygen atoms in total. The van der Waals surface area contributed by atoms with Crippen LogP contribution in [0.1, 0.15) is 0 Å². The quantitative estimate of drug-likeness (QED) is 0.894. The third-order valence-electron chi connectivity index (χ3n) is 1.87. The fourth-order valence-corrected chi connectivity index (χ4v) is 1.78. The van der Waals surface area contributed by atoms with Gasteiger partial charge < -0.3 is 4.74 Å².